The molecule has 0 saturated carbocycles. The quantitative estimate of drug-likeness (QED) is 0.101. The summed E-state index contributed by atoms with van der Waals surface area (Å²) in [4.78, 5) is 39.5. The first-order valence-corrected chi connectivity index (χ1v) is 21.8. The van der Waals surface area contributed by atoms with Crippen LogP contribution in [0.15, 0.2) is 72.8 Å². The fraction of sp³-hybridized carbons (Fsp3) is 0.417. The number of anilines is 3. The van der Waals surface area contributed by atoms with Gasteiger partial charge in [0.2, 0.25) is 0 Å². The zero-order valence-corrected chi connectivity index (χ0v) is 34.3. The van der Waals surface area contributed by atoms with Gasteiger partial charge in [-0.2, -0.15) is 16.8 Å². The SMILES string of the molecule is COc1ccc(N2CC(CCCl)OC2=O)cc1.CS(=O)(=O)OCCC1CN(c2ccc(Cl)cc2)C(=O)O1.CS(=O)(=O)OCCC1CN(c2ccc(F)cc2)C(=O)O1. The molecule has 3 amide bonds. The van der Waals surface area contributed by atoms with Crippen LogP contribution in [0.1, 0.15) is 19.3 Å². The van der Waals surface area contributed by atoms with Crippen molar-refractivity contribution in [3.05, 3.63) is 83.6 Å². The molecule has 3 aromatic carbocycles. The van der Waals surface area contributed by atoms with Gasteiger partial charge in [0.05, 0.1) is 52.5 Å². The lowest BCUT2D eigenvalue weighted by Crippen LogP contribution is -2.24. The van der Waals surface area contributed by atoms with Crippen LogP contribution in [0.5, 0.6) is 5.75 Å². The van der Waals surface area contributed by atoms with Gasteiger partial charge in [0, 0.05) is 40.8 Å². The maximum Gasteiger partial charge on any atom is 0.414 e. The molecule has 0 N–H and O–H groups in total. The molecule has 6 rings (SSSR count). The van der Waals surface area contributed by atoms with E-state index in [2.05, 4.69) is 8.37 Å². The monoisotopic (exact) mass is 877 g/mol. The van der Waals surface area contributed by atoms with Gasteiger partial charge < -0.3 is 18.9 Å². The summed E-state index contributed by atoms with van der Waals surface area (Å²) in [5.41, 5.74) is 2.03. The lowest BCUT2D eigenvalue weighted by atomic mass is 10.2. The van der Waals surface area contributed by atoms with E-state index in [1.807, 2.05) is 24.3 Å². The summed E-state index contributed by atoms with van der Waals surface area (Å²) in [6.07, 6.45) is 0.949. The van der Waals surface area contributed by atoms with Gasteiger partial charge >= 0.3 is 18.3 Å². The van der Waals surface area contributed by atoms with Gasteiger partial charge in [-0.25, -0.2) is 18.8 Å². The van der Waals surface area contributed by atoms with Crippen molar-refractivity contribution >= 4 is 78.8 Å². The molecule has 57 heavy (non-hydrogen) atoms. The molecule has 3 aliphatic rings. The molecule has 3 heterocycles. The fourth-order valence-corrected chi connectivity index (χ4v) is 6.60. The van der Waals surface area contributed by atoms with Crippen LogP contribution in [0.25, 0.3) is 0 Å². The van der Waals surface area contributed by atoms with Crippen LogP contribution in [0.2, 0.25) is 5.02 Å². The second-order valence-electron chi connectivity index (χ2n) is 12.6. The van der Waals surface area contributed by atoms with Crippen LogP contribution in [-0.2, 0) is 42.8 Å². The maximum absolute atomic E-state index is 12.8. The van der Waals surface area contributed by atoms with Gasteiger partial charge in [0.15, 0.2) is 0 Å². The van der Waals surface area contributed by atoms with E-state index in [0.717, 1.165) is 23.9 Å². The van der Waals surface area contributed by atoms with Gasteiger partial charge in [-0.3, -0.25) is 23.1 Å². The molecule has 312 valence electrons. The Morgan fingerprint density at radius 3 is 1.33 bits per heavy atom. The number of benzene rings is 3. The Bertz CT molecular complexity index is 1920. The van der Waals surface area contributed by atoms with Crippen LogP contribution < -0.4 is 19.4 Å². The van der Waals surface area contributed by atoms with Crippen LogP contribution in [0.4, 0.5) is 35.8 Å². The van der Waals surface area contributed by atoms with Crippen LogP contribution >= 0.6 is 23.2 Å². The Kier molecular flexibility index (Phi) is 16.6. The van der Waals surface area contributed by atoms with E-state index in [1.54, 1.807) is 36.3 Å². The first-order chi connectivity index (χ1) is 26.9. The summed E-state index contributed by atoms with van der Waals surface area (Å²) >= 11 is 11.4. The topological polar surface area (TPSA) is 185 Å². The Morgan fingerprint density at radius 2 is 0.982 bits per heavy atom. The van der Waals surface area contributed by atoms with Gasteiger partial charge in [0.25, 0.3) is 20.2 Å². The van der Waals surface area contributed by atoms with E-state index in [4.69, 9.17) is 42.1 Å². The summed E-state index contributed by atoms with van der Waals surface area (Å²) in [5.74, 6) is 0.868. The first kappa shape index (κ1) is 45.3. The third kappa shape index (κ3) is 14.8. The summed E-state index contributed by atoms with van der Waals surface area (Å²) in [6, 6.07) is 19.6. The summed E-state index contributed by atoms with van der Waals surface area (Å²) in [7, 11) is -5.36. The predicted molar refractivity (Wildman–Crippen MR) is 210 cm³/mol. The molecule has 3 atom stereocenters. The molecule has 0 aromatic heterocycles. The van der Waals surface area contributed by atoms with Crippen molar-refractivity contribution in [1.82, 2.24) is 0 Å². The molecule has 21 heteroatoms. The van der Waals surface area contributed by atoms with E-state index in [1.165, 1.54) is 34.1 Å². The lowest BCUT2D eigenvalue weighted by molar-refractivity contribution is 0.125. The Hall–Kier alpha value is -4.40. The van der Waals surface area contributed by atoms with E-state index in [-0.39, 0.29) is 50.3 Å². The van der Waals surface area contributed by atoms with E-state index < -0.39 is 38.5 Å². The number of rotatable bonds is 14. The number of nitrogens with zero attached hydrogens (tertiary/aromatic N) is 3. The van der Waals surface area contributed by atoms with Crippen molar-refractivity contribution in [2.75, 3.05) is 73.0 Å². The number of amides is 3. The Balaban J connectivity index is 0.000000190. The maximum atomic E-state index is 12.8. The standard InChI is InChI=1S/C12H14ClNO5S.C12H14ClNO3.C12H14FNO5S/c1-20(16,17)18-7-6-11-8-14(12(15)19-11)10-4-2-9(13)3-5-10;1-16-10-4-2-9(3-5-10)14-8-11(6-7-13)17-12(14)15;1-20(16,17)18-7-6-11-8-14(12(15)19-11)10-4-2-9(13)3-5-10/h2-5,11H,6-8H2,1H3;2-5,11H,6-8H2,1H3;2-5,11H,6-8H2,1H3. The highest BCUT2D eigenvalue weighted by atomic mass is 35.5. The molecule has 3 unspecified atom stereocenters. The predicted octanol–water partition coefficient (Wildman–Crippen LogP) is 6.20. The first-order valence-electron chi connectivity index (χ1n) is 17.3. The minimum atomic E-state index is -3.50. The molecule has 3 saturated heterocycles. The molecule has 0 radical (unpaired) electrons. The van der Waals surface area contributed by atoms with Crippen LogP contribution in [-0.4, -0.2) is 112 Å². The van der Waals surface area contributed by atoms with Crippen LogP contribution in [0.3, 0.4) is 0 Å². The number of cyclic esters (lactones) is 3. The van der Waals surface area contributed by atoms with Gasteiger partial charge in [0.1, 0.15) is 29.9 Å². The number of hydrogen-bond donors (Lipinski definition) is 0. The molecule has 16 nitrogen and oxygen atoms in total. The average Bonchev–Trinajstić information content (AvgIpc) is 3.83. The highest BCUT2D eigenvalue weighted by Crippen LogP contribution is 2.27. The molecule has 3 fully saturated rings. The second-order valence-corrected chi connectivity index (χ2v) is 16.7. The highest BCUT2D eigenvalue weighted by Gasteiger charge is 2.34. The minimum Gasteiger partial charge on any atom is -0.497 e. The van der Waals surface area contributed by atoms with Gasteiger partial charge in [-0.15, -0.1) is 11.6 Å². The third-order valence-electron chi connectivity index (χ3n) is 8.19. The smallest absolute Gasteiger partial charge is 0.414 e. The molecule has 0 spiro atoms. The summed E-state index contributed by atoms with van der Waals surface area (Å²) in [6.45, 7) is 1.13. The van der Waals surface area contributed by atoms with Crippen molar-refractivity contribution in [3.8, 4) is 5.75 Å². The van der Waals surface area contributed by atoms with E-state index >= 15 is 0 Å². The zero-order valence-electron chi connectivity index (χ0n) is 31.1. The average molecular weight is 879 g/mol. The van der Waals surface area contributed by atoms with Crippen molar-refractivity contribution in [3.63, 3.8) is 0 Å². The highest BCUT2D eigenvalue weighted by molar-refractivity contribution is 7.86. The Morgan fingerprint density at radius 1 is 0.632 bits per heavy atom. The number of carbonyl (C=O) groups is 3. The molecular formula is C36H42Cl2FN3O13S2. The summed E-state index contributed by atoms with van der Waals surface area (Å²) < 4.78 is 85.8. The Labute approximate surface area is 340 Å². The molecule has 3 aliphatic heterocycles. The van der Waals surface area contributed by atoms with Crippen molar-refractivity contribution in [1.29, 1.82) is 0 Å². The minimum absolute atomic E-state index is 0.00869. The normalized spacial score (nSPS) is 19.2. The second kappa shape index (κ2) is 20.9. The molecular weight excluding hydrogens is 836 g/mol. The van der Waals surface area contributed by atoms with Crippen LogP contribution in [0, 0.1) is 5.82 Å². The number of ether oxygens (including phenoxy) is 4. The third-order valence-corrected chi connectivity index (χ3v) is 9.85. The summed E-state index contributed by atoms with van der Waals surface area (Å²) in [5, 5.41) is 0.583. The van der Waals surface area contributed by atoms with Gasteiger partial charge in [-0.05, 0) is 79.2 Å². The number of halogens is 3. The van der Waals surface area contributed by atoms with Crippen molar-refractivity contribution in [2.24, 2.45) is 0 Å². The molecule has 3 aromatic rings. The van der Waals surface area contributed by atoms with Crippen molar-refractivity contribution < 1.29 is 62.9 Å². The fourth-order valence-electron chi connectivity index (χ4n) is 5.44. The largest absolute Gasteiger partial charge is 0.497 e. The number of methoxy groups -OCH3 is 1. The number of hydrogen-bond acceptors (Lipinski definition) is 13. The molecule has 0 aliphatic carbocycles. The lowest BCUT2D eigenvalue weighted by Gasteiger charge is -2.13. The van der Waals surface area contributed by atoms with E-state index in [0.29, 0.717) is 48.2 Å². The van der Waals surface area contributed by atoms with Crippen molar-refractivity contribution in [2.45, 2.75) is 37.6 Å². The van der Waals surface area contributed by atoms with Gasteiger partial charge in [-0.1, -0.05) is 11.6 Å². The number of alkyl halides is 1. The zero-order chi connectivity index (χ0) is 41.8. The number of carbonyl (C=O) groups excluding carboxylic acids is 3. The van der Waals surface area contributed by atoms with E-state index in [9.17, 15) is 35.6 Å². The molecule has 0 bridgehead atoms.